The van der Waals surface area contributed by atoms with E-state index in [0.29, 0.717) is 22.3 Å². The lowest BCUT2D eigenvalue weighted by atomic mass is 10.1. The van der Waals surface area contributed by atoms with E-state index in [1.807, 2.05) is 12.1 Å². The van der Waals surface area contributed by atoms with Crippen molar-refractivity contribution in [2.75, 3.05) is 12.1 Å². The van der Waals surface area contributed by atoms with Crippen LogP contribution in [0.2, 0.25) is 0 Å². The van der Waals surface area contributed by atoms with Crippen LogP contribution in [0.1, 0.15) is 0 Å². The second kappa shape index (κ2) is 8.14. The molecule has 2 amide bonds. The van der Waals surface area contributed by atoms with Crippen LogP contribution in [-0.4, -0.2) is 33.2 Å². The van der Waals surface area contributed by atoms with Crippen LogP contribution in [0.3, 0.4) is 0 Å². The molecule has 0 bridgehead atoms. The monoisotopic (exact) mass is 403 g/mol. The van der Waals surface area contributed by atoms with Crippen LogP contribution >= 0.6 is 0 Å². The summed E-state index contributed by atoms with van der Waals surface area (Å²) in [5.74, 6) is 0.275. The molecule has 4 aromatic rings. The van der Waals surface area contributed by atoms with Crippen molar-refractivity contribution in [1.82, 2.24) is 20.3 Å². The highest BCUT2D eigenvalue weighted by molar-refractivity contribution is 5.89. The van der Waals surface area contributed by atoms with E-state index in [1.165, 1.54) is 19.2 Å². The maximum absolute atomic E-state index is 13.4. The second-order valence-corrected chi connectivity index (χ2v) is 6.47. The van der Waals surface area contributed by atoms with Gasteiger partial charge >= 0.3 is 6.03 Å². The number of aromatic nitrogens is 3. The predicted octanol–water partition coefficient (Wildman–Crippen LogP) is 4.48. The molecule has 0 aliphatic rings. The molecule has 0 radical (unpaired) electrons. The lowest BCUT2D eigenvalue weighted by molar-refractivity contribution is 0.206. The van der Waals surface area contributed by atoms with Crippen LogP contribution in [0.5, 0.6) is 0 Å². The van der Waals surface area contributed by atoms with Gasteiger partial charge in [0.05, 0.1) is 17.1 Å². The van der Waals surface area contributed by atoms with Crippen molar-refractivity contribution < 1.29 is 14.4 Å². The fraction of sp³-hybridized carbons (Fsp3) is 0.0455. The molecule has 30 heavy (non-hydrogen) atoms. The summed E-state index contributed by atoms with van der Waals surface area (Å²) >= 11 is 0. The number of hydrogen-bond donors (Lipinski definition) is 3. The standard InChI is InChI=1S/C22H18FN5O2/c1-24-22(29)28(30)18-8-4-16(5-9-18)21-26-19(14-2-6-17(23)7-3-14)20(27-21)15-10-12-25-13-11-15/h2-13,30H,1H3,(H,24,29)(H,26,27). The zero-order valence-corrected chi connectivity index (χ0v) is 16.0. The molecule has 3 N–H and O–H groups in total. The average Bonchev–Trinajstić information content (AvgIpc) is 3.25. The molecule has 0 aliphatic heterocycles. The molecule has 0 unspecified atom stereocenters. The number of urea groups is 1. The fourth-order valence-corrected chi connectivity index (χ4v) is 3.04. The molecule has 0 fully saturated rings. The van der Waals surface area contributed by atoms with E-state index in [1.54, 1.807) is 48.8 Å². The van der Waals surface area contributed by atoms with Crippen molar-refractivity contribution in [1.29, 1.82) is 0 Å². The van der Waals surface area contributed by atoms with Gasteiger partial charge in [0.15, 0.2) is 0 Å². The first kappa shape index (κ1) is 19.3. The van der Waals surface area contributed by atoms with Crippen LogP contribution < -0.4 is 10.4 Å². The molecule has 4 rings (SSSR count). The Labute approximate surface area is 171 Å². The van der Waals surface area contributed by atoms with Gasteiger partial charge in [-0.2, -0.15) is 5.06 Å². The van der Waals surface area contributed by atoms with E-state index < -0.39 is 6.03 Å². The van der Waals surface area contributed by atoms with Gasteiger partial charge in [-0.15, -0.1) is 0 Å². The number of pyridine rings is 1. The molecule has 2 aromatic heterocycles. The number of amides is 2. The number of carbonyl (C=O) groups is 1. The van der Waals surface area contributed by atoms with E-state index in [4.69, 9.17) is 4.98 Å². The second-order valence-electron chi connectivity index (χ2n) is 6.47. The summed E-state index contributed by atoms with van der Waals surface area (Å²) in [4.78, 5) is 23.7. The van der Waals surface area contributed by atoms with Crippen LogP contribution in [0.4, 0.5) is 14.9 Å². The van der Waals surface area contributed by atoms with Gasteiger partial charge in [0.1, 0.15) is 11.6 Å². The van der Waals surface area contributed by atoms with Gasteiger partial charge in [-0.3, -0.25) is 10.2 Å². The van der Waals surface area contributed by atoms with Crippen molar-refractivity contribution in [3.8, 4) is 33.9 Å². The predicted molar refractivity (Wildman–Crippen MR) is 111 cm³/mol. The highest BCUT2D eigenvalue weighted by Gasteiger charge is 2.16. The molecular formula is C22H18FN5O2. The average molecular weight is 403 g/mol. The molecule has 150 valence electrons. The molecular weight excluding hydrogens is 385 g/mol. The highest BCUT2D eigenvalue weighted by atomic mass is 19.1. The van der Waals surface area contributed by atoms with Crippen molar-refractivity contribution >= 4 is 11.7 Å². The Bertz CT molecular complexity index is 1160. The number of hydroxylamine groups is 1. The molecule has 0 saturated carbocycles. The van der Waals surface area contributed by atoms with Gasteiger partial charge in [0, 0.05) is 36.1 Å². The van der Waals surface area contributed by atoms with Crippen molar-refractivity contribution in [2.24, 2.45) is 0 Å². The lowest BCUT2D eigenvalue weighted by Crippen LogP contribution is -2.35. The number of anilines is 1. The van der Waals surface area contributed by atoms with Gasteiger partial charge in [-0.25, -0.2) is 14.2 Å². The van der Waals surface area contributed by atoms with Crippen molar-refractivity contribution in [3.63, 3.8) is 0 Å². The molecule has 2 aromatic carbocycles. The number of benzene rings is 2. The summed E-state index contributed by atoms with van der Waals surface area (Å²) in [6.07, 6.45) is 3.38. The topological polar surface area (TPSA) is 94.1 Å². The number of nitrogens with one attached hydrogen (secondary N) is 2. The zero-order chi connectivity index (χ0) is 21.1. The zero-order valence-electron chi connectivity index (χ0n) is 16.0. The van der Waals surface area contributed by atoms with E-state index in [-0.39, 0.29) is 5.82 Å². The Morgan fingerprint density at radius 3 is 2.23 bits per heavy atom. The Morgan fingerprint density at radius 1 is 0.967 bits per heavy atom. The largest absolute Gasteiger partial charge is 0.345 e. The number of carbonyl (C=O) groups excluding carboxylic acids is 1. The van der Waals surface area contributed by atoms with Crippen LogP contribution in [0, 0.1) is 5.82 Å². The summed E-state index contributed by atoms with van der Waals surface area (Å²) in [6, 6.07) is 15.9. The number of aromatic amines is 1. The Kier molecular flexibility index (Phi) is 5.23. The SMILES string of the molecule is CNC(=O)N(O)c1ccc(-c2nc(-c3ccc(F)cc3)c(-c3ccncc3)[nH]2)cc1. The van der Waals surface area contributed by atoms with Crippen LogP contribution in [0.25, 0.3) is 33.9 Å². The summed E-state index contributed by atoms with van der Waals surface area (Å²) in [6.45, 7) is 0. The quantitative estimate of drug-likeness (QED) is 0.346. The smallest absolute Gasteiger partial charge is 0.339 e. The molecule has 2 heterocycles. The fourth-order valence-electron chi connectivity index (χ4n) is 3.04. The maximum atomic E-state index is 13.4. The van der Waals surface area contributed by atoms with Gasteiger partial charge in [-0.05, 0) is 60.7 Å². The minimum atomic E-state index is -0.640. The number of nitrogens with zero attached hydrogens (tertiary/aromatic N) is 3. The Hall–Kier alpha value is -4.04. The van der Waals surface area contributed by atoms with Crippen molar-refractivity contribution in [3.05, 3.63) is 78.9 Å². The highest BCUT2D eigenvalue weighted by Crippen LogP contribution is 2.33. The summed E-state index contributed by atoms with van der Waals surface area (Å²) in [5.41, 5.74) is 4.18. The molecule has 0 atom stereocenters. The van der Waals surface area contributed by atoms with Gasteiger partial charge in [-0.1, -0.05) is 0 Å². The Morgan fingerprint density at radius 2 is 1.60 bits per heavy atom. The van der Waals surface area contributed by atoms with Gasteiger partial charge in [0.25, 0.3) is 0 Å². The third kappa shape index (κ3) is 3.76. The summed E-state index contributed by atoms with van der Waals surface area (Å²) in [5, 5.41) is 12.8. The minimum Gasteiger partial charge on any atom is -0.339 e. The first-order valence-electron chi connectivity index (χ1n) is 9.14. The Balaban J connectivity index is 1.76. The lowest BCUT2D eigenvalue weighted by Gasteiger charge is -2.14. The number of hydrogen-bond acceptors (Lipinski definition) is 4. The summed E-state index contributed by atoms with van der Waals surface area (Å²) in [7, 11) is 1.43. The van der Waals surface area contributed by atoms with Gasteiger partial charge < -0.3 is 10.3 Å². The third-order valence-corrected chi connectivity index (χ3v) is 4.58. The van der Waals surface area contributed by atoms with Crippen molar-refractivity contribution in [2.45, 2.75) is 0 Å². The number of rotatable bonds is 4. The first-order chi connectivity index (χ1) is 14.6. The molecule has 0 aliphatic carbocycles. The van der Waals surface area contributed by atoms with E-state index in [2.05, 4.69) is 15.3 Å². The summed E-state index contributed by atoms with van der Waals surface area (Å²) < 4.78 is 13.4. The normalized spacial score (nSPS) is 10.6. The maximum Gasteiger partial charge on any atom is 0.345 e. The molecule has 0 saturated heterocycles. The molecule has 0 spiro atoms. The van der Waals surface area contributed by atoms with Crippen LogP contribution in [-0.2, 0) is 0 Å². The van der Waals surface area contributed by atoms with E-state index >= 15 is 0 Å². The molecule has 8 heteroatoms. The van der Waals surface area contributed by atoms with E-state index in [0.717, 1.165) is 22.4 Å². The van der Waals surface area contributed by atoms with Crippen LogP contribution in [0.15, 0.2) is 73.1 Å². The number of halogens is 1. The molecule has 7 nitrogen and oxygen atoms in total. The number of imidazole rings is 1. The minimum absolute atomic E-state index is 0.317. The number of H-pyrrole nitrogens is 1. The van der Waals surface area contributed by atoms with Gasteiger partial charge in [0.2, 0.25) is 0 Å². The first-order valence-corrected chi connectivity index (χ1v) is 9.14. The van der Waals surface area contributed by atoms with E-state index in [9.17, 15) is 14.4 Å². The third-order valence-electron chi connectivity index (χ3n) is 4.58.